The molecule has 0 spiro atoms. The number of fused-ring (bicyclic) bond motifs is 2. The molecule has 0 bridgehead atoms. The maximum absolute atomic E-state index is 12.4. The molecular formula is C19H31NO4. The Morgan fingerprint density at radius 1 is 1.42 bits per heavy atom. The Labute approximate surface area is 144 Å². The highest BCUT2D eigenvalue weighted by atomic mass is 16.6. The van der Waals surface area contributed by atoms with Gasteiger partial charge in [0, 0.05) is 12.5 Å². The third-order valence-corrected chi connectivity index (χ3v) is 6.77. The van der Waals surface area contributed by atoms with Gasteiger partial charge in [-0.05, 0) is 50.4 Å². The van der Waals surface area contributed by atoms with Crippen molar-refractivity contribution in [3.8, 4) is 0 Å². The molecule has 1 heterocycles. The van der Waals surface area contributed by atoms with E-state index >= 15 is 0 Å². The van der Waals surface area contributed by atoms with Crippen LogP contribution in [0.2, 0.25) is 0 Å². The van der Waals surface area contributed by atoms with E-state index in [-0.39, 0.29) is 42.5 Å². The Bertz CT molecular complexity index is 515. The molecule has 3 rings (SSSR count). The summed E-state index contributed by atoms with van der Waals surface area (Å²) in [6, 6.07) is 0. The maximum atomic E-state index is 12.4. The fourth-order valence-electron chi connectivity index (χ4n) is 5.01. The fourth-order valence-corrected chi connectivity index (χ4v) is 5.01. The van der Waals surface area contributed by atoms with Crippen molar-refractivity contribution in [1.29, 1.82) is 0 Å². The van der Waals surface area contributed by atoms with Crippen LogP contribution in [-0.2, 0) is 9.53 Å². The Morgan fingerprint density at radius 2 is 2.12 bits per heavy atom. The number of carbonyl (C=O) groups excluding carboxylic acids is 1. The summed E-state index contributed by atoms with van der Waals surface area (Å²) < 4.78 is 5.73. The van der Waals surface area contributed by atoms with Gasteiger partial charge in [-0.15, -0.1) is 0 Å². The molecule has 24 heavy (non-hydrogen) atoms. The lowest BCUT2D eigenvalue weighted by Gasteiger charge is -2.50. The molecule has 1 saturated heterocycles. The number of ether oxygens (including phenoxy) is 1. The molecule has 3 N–H and O–H groups in total. The molecule has 0 aromatic rings. The Hall–Kier alpha value is -0.910. The Morgan fingerprint density at radius 3 is 2.79 bits per heavy atom. The number of aliphatic hydroxyl groups is 2. The zero-order chi connectivity index (χ0) is 17.5. The number of allylic oxidation sites excluding steroid dienone is 1. The summed E-state index contributed by atoms with van der Waals surface area (Å²) in [7, 11) is 0. The predicted molar refractivity (Wildman–Crippen MR) is 91.3 cm³/mol. The first-order valence-electron chi connectivity index (χ1n) is 9.17. The van der Waals surface area contributed by atoms with E-state index in [2.05, 4.69) is 18.8 Å². The van der Waals surface area contributed by atoms with Crippen LogP contribution in [0.25, 0.3) is 0 Å². The van der Waals surface area contributed by atoms with Crippen molar-refractivity contribution in [3.05, 3.63) is 12.2 Å². The lowest BCUT2D eigenvalue weighted by molar-refractivity contribution is -0.146. The zero-order valence-electron chi connectivity index (χ0n) is 14.9. The van der Waals surface area contributed by atoms with Crippen LogP contribution in [0, 0.1) is 23.2 Å². The van der Waals surface area contributed by atoms with Crippen LogP contribution in [0.15, 0.2) is 12.2 Å². The summed E-state index contributed by atoms with van der Waals surface area (Å²) in [5.41, 5.74) is 0.781. The van der Waals surface area contributed by atoms with E-state index in [4.69, 9.17) is 4.74 Å². The van der Waals surface area contributed by atoms with Gasteiger partial charge in [0.05, 0.1) is 24.7 Å². The zero-order valence-corrected chi connectivity index (χ0v) is 14.9. The third kappa shape index (κ3) is 3.02. The van der Waals surface area contributed by atoms with Gasteiger partial charge in [-0.3, -0.25) is 4.79 Å². The van der Waals surface area contributed by atoms with Crippen molar-refractivity contribution in [2.75, 3.05) is 19.8 Å². The molecule has 5 atom stereocenters. The van der Waals surface area contributed by atoms with Gasteiger partial charge in [0.1, 0.15) is 6.10 Å². The normalized spacial score (nSPS) is 39.3. The van der Waals surface area contributed by atoms with Crippen LogP contribution in [0.4, 0.5) is 0 Å². The van der Waals surface area contributed by atoms with Crippen LogP contribution < -0.4 is 5.32 Å². The first-order valence-corrected chi connectivity index (χ1v) is 9.17. The second-order valence-corrected chi connectivity index (χ2v) is 8.66. The smallest absolute Gasteiger partial charge is 0.310 e. The van der Waals surface area contributed by atoms with Crippen molar-refractivity contribution in [2.24, 2.45) is 23.2 Å². The van der Waals surface area contributed by atoms with E-state index in [1.54, 1.807) is 6.92 Å². The van der Waals surface area contributed by atoms with Crippen LogP contribution >= 0.6 is 0 Å². The number of hydrogen-bond donors (Lipinski definition) is 3. The third-order valence-electron chi connectivity index (χ3n) is 6.77. The summed E-state index contributed by atoms with van der Waals surface area (Å²) in [5.74, 6) is 0.349. The minimum absolute atomic E-state index is 0.00552. The second kappa shape index (κ2) is 6.43. The molecule has 0 amide bonds. The molecule has 2 aliphatic carbocycles. The number of carbonyl (C=O) groups is 1. The van der Waals surface area contributed by atoms with Gasteiger partial charge in [-0.1, -0.05) is 19.1 Å². The largest absolute Gasteiger partial charge is 0.462 e. The minimum atomic E-state index is -0.768. The van der Waals surface area contributed by atoms with Gasteiger partial charge in [0.25, 0.3) is 0 Å². The van der Waals surface area contributed by atoms with E-state index in [1.807, 2.05) is 0 Å². The molecule has 5 heteroatoms. The topological polar surface area (TPSA) is 78.8 Å². The van der Waals surface area contributed by atoms with Crippen LogP contribution in [0.3, 0.4) is 0 Å². The molecule has 1 aliphatic heterocycles. The first kappa shape index (κ1) is 17.9. The summed E-state index contributed by atoms with van der Waals surface area (Å²) >= 11 is 0. The lowest BCUT2D eigenvalue weighted by Crippen LogP contribution is -2.52. The van der Waals surface area contributed by atoms with E-state index < -0.39 is 5.54 Å². The van der Waals surface area contributed by atoms with Gasteiger partial charge >= 0.3 is 5.97 Å². The quantitative estimate of drug-likeness (QED) is 0.525. The van der Waals surface area contributed by atoms with Crippen molar-refractivity contribution < 1.29 is 19.7 Å². The van der Waals surface area contributed by atoms with Crippen LogP contribution in [0.5, 0.6) is 0 Å². The summed E-state index contributed by atoms with van der Waals surface area (Å²) in [4.78, 5) is 12.4. The number of nitrogens with one attached hydrogen (secondary N) is 1. The second-order valence-electron chi connectivity index (χ2n) is 8.66. The molecule has 2 saturated carbocycles. The molecule has 136 valence electrons. The van der Waals surface area contributed by atoms with Gasteiger partial charge in [0.2, 0.25) is 0 Å². The standard InChI is InChI=1S/C19H31NO4/c1-12-5-4-6-18(2)8-16-13(7-15(12)18)14(17(23)24-16)9-20-19(3,10-21)11-22/h13-16,20-22H,1,4-11H2,2-3H3/t13-,14?,15?,16-,18-/m1/s1. The first-order chi connectivity index (χ1) is 11.3. The molecule has 5 nitrogen and oxygen atoms in total. The van der Waals surface area contributed by atoms with Crippen molar-refractivity contribution in [1.82, 2.24) is 5.32 Å². The van der Waals surface area contributed by atoms with E-state index in [0.717, 1.165) is 19.3 Å². The van der Waals surface area contributed by atoms with Gasteiger partial charge in [0.15, 0.2) is 0 Å². The fraction of sp³-hybridized carbons (Fsp3) is 0.842. The average molecular weight is 337 g/mol. The van der Waals surface area contributed by atoms with Crippen LogP contribution in [0.1, 0.15) is 46.0 Å². The Balaban J connectivity index is 1.72. The number of rotatable bonds is 5. The highest BCUT2D eigenvalue weighted by Crippen LogP contribution is 2.56. The minimum Gasteiger partial charge on any atom is -0.462 e. The molecule has 0 aromatic carbocycles. The van der Waals surface area contributed by atoms with Crippen molar-refractivity contribution >= 4 is 5.97 Å². The number of hydrogen-bond acceptors (Lipinski definition) is 5. The summed E-state index contributed by atoms with van der Waals surface area (Å²) in [6.45, 7) is 8.49. The monoisotopic (exact) mass is 337 g/mol. The molecular weight excluding hydrogens is 306 g/mol. The summed E-state index contributed by atoms with van der Waals surface area (Å²) in [6.07, 6.45) is 5.38. The average Bonchev–Trinajstić information content (AvgIpc) is 2.84. The maximum Gasteiger partial charge on any atom is 0.310 e. The molecule has 0 radical (unpaired) electrons. The molecule has 3 fully saturated rings. The van der Waals surface area contributed by atoms with Gasteiger partial charge in [-0.2, -0.15) is 0 Å². The van der Waals surface area contributed by atoms with Gasteiger partial charge < -0.3 is 20.3 Å². The van der Waals surface area contributed by atoms with E-state index in [0.29, 0.717) is 12.5 Å². The van der Waals surface area contributed by atoms with Gasteiger partial charge in [-0.25, -0.2) is 0 Å². The summed E-state index contributed by atoms with van der Waals surface area (Å²) in [5, 5.41) is 22.0. The number of aliphatic hydroxyl groups excluding tert-OH is 2. The molecule has 2 unspecified atom stereocenters. The lowest BCUT2D eigenvalue weighted by atomic mass is 9.55. The van der Waals surface area contributed by atoms with Crippen LogP contribution in [-0.4, -0.2) is 47.6 Å². The SMILES string of the molecule is C=C1CCC[C@]2(C)C[C@H]3OC(=O)C(CNC(C)(CO)CO)[C@H]3CC12. The highest BCUT2D eigenvalue weighted by molar-refractivity contribution is 5.75. The van der Waals surface area contributed by atoms with Crippen molar-refractivity contribution in [3.63, 3.8) is 0 Å². The Kier molecular flexibility index (Phi) is 4.80. The van der Waals surface area contributed by atoms with E-state index in [9.17, 15) is 15.0 Å². The molecule has 3 aliphatic rings. The van der Waals surface area contributed by atoms with E-state index in [1.165, 1.54) is 18.4 Å². The molecule has 0 aromatic heterocycles. The predicted octanol–water partition coefficient (Wildman–Crippen LogP) is 1.63. The highest BCUT2D eigenvalue weighted by Gasteiger charge is 2.55. The van der Waals surface area contributed by atoms with Crippen molar-refractivity contribution in [2.45, 2.75) is 57.6 Å². The number of esters is 1.